The largest absolute Gasteiger partial charge is 0.369 e. The third kappa shape index (κ3) is 3.83. The second-order valence-electron chi connectivity index (χ2n) is 5.63. The minimum Gasteiger partial charge on any atom is -0.369 e. The van der Waals surface area contributed by atoms with Gasteiger partial charge in [0.15, 0.2) is 0 Å². The van der Waals surface area contributed by atoms with Crippen molar-refractivity contribution in [3.8, 4) is 0 Å². The van der Waals surface area contributed by atoms with E-state index in [2.05, 4.69) is 46.5 Å². The van der Waals surface area contributed by atoms with Crippen LogP contribution in [0.2, 0.25) is 0 Å². The third-order valence-corrected chi connectivity index (χ3v) is 3.87. The van der Waals surface area contributed by atoms with Crippen LogP contribution in [0.4, 0.5) is 10.2 Å². The molecule has 118 valence electrons. The van der Waals surface area contributed by atoms with E-state index in [1.165, 1.54) is 29.6 Å². The first-order valence-electron chi connectivity index (χ1n) is 7.98. The van der Waals surface area contributed by atoms with E-state index in [0.717, 1.165) is 31.3 Å². The van der Waals surface area contributed by atoms with Gasteiger partial charge in [0.2, 0.25) is 0 Å². The second-order valence-corrected chi connectivity index (χ2v) is 5.63. The number of aromatic nitrogens is 2. The summed E-state index contributed by atoms with van der Waals surface area (Å²) in [4.78, 5) is 8.39. The molecule has 23 heavy (non-hydrogen) atoms. The van der Waals surface area contributed by atoms with Crippen LogP contribution in [-0.4, -0.2) is 16.5 Å². The lowest BCUT2D eigenvalue weighted by Crippen LogP contribution is -2.07. The van der Waals surface area contributed by atoms with Crippen molar-refractivity contribution < 1.29 is 4.39 Å². The average Bonchev–Trinajstić information content (AvgIpc) is 2.57. The number of hydrogen-bond acceptors (Lipinski definition) is 3. The molecule has 0 radical (unpaired) electrons. The summed E-state index contributed by atoms with van der Waals surface area (Å²) in [6, 6.07) is 13.3. The second kappa shape index (κ2) is 7.18. The van der Waals surface area contributed by atoms with Gasteiger partial charge in [-0.2, -0.15) is 0 Å². The van der Waals surface area contributed by atoms with E-state index in [1.807, 2.05) is 0 Å². The summed E-state index contributed by atoms with van der Waals surface area (Å²) >= 11 is 0. The molecule has 1 aromatic heterocycles. The van der Waals surface area contributed by atoms with Crippen LogP contribution >= 0.6 is 0 Å². The maximum Gasteiger partial charge on any atom is 0.137 e. The molecule has 0 aliphatic rings. The molecule has 0 unspecified atom stereocenters. The van der Waals surface area contributed by atoms with E-state index >= 15 is 0 Å². The van der Waals surface area contributed by atoms with E-state index in [-0.39, 0.29) is 5.82 Å². The van der Waals surface area contributed by atoms with Crippen LogP contribution in [0.25, 0.3) is 10.9 Å². The Labute approximate surface area is 135 Å². The smallest absolute Gasteiger partial charge is 0.137 e. The zero-order valence-electron chi connectivity index (χ0n) is 13.2. The summed E-state index contributed by atoms with van der Waals surface area (Å²) in [5.41, 5.74) is 3.40. The number of nitrogens with zero attached hydrogens (tertiary/aromatic N) is 2. The predicted octanol–water partition coefficient (Wildman–Crippen LogP) is 4.38. The number of hydrogen-bond donors (Lipinski definition) is 1. The van der Waals surface area contributed by atoms with Gasteiger partial charge in [0, 0.05) is 11.9 Å². The summed E-state index contributed by atoms with van der Waals surface area (Å²) in [6.07, 6.45) is 4.69. The van der Waals surface area contributed by atoms with Crippen molar-refractivity contribution in [3.63, 3.8) is 0 Å². The summed E-state index contributed by atoms with van der Waals surface area (Å²) in [5, 5.41) is 4.00. The highest BCUT2D eigenvalue weighted by molar-refractivity contribution is 5.88. The molecule has 4 heteroatoms. The molecule has 0 aliphatic carbocycles. The van der Waals surface area contributed by atoms with Gasteiger partial charge < -0.3 is 5.32 Å². The van der Waals surface area contributed by atoms with Crippen LogP contribution in [0.1, 0.15) is 24.5 Å². The van der Waals surface area contributed by atoms with Crippen molar-refractivity contribution in [1.82, 2.24) is 9.97 Å². The van der Waals surface area contributed by atoms with Gasteiger partial charge in [-0.05, 0) is 42.2 Å². The van der Waals surface area contributed by atoms with E-state index in [9.17, 15) is 4.39 Å². The molecule has 0 fully saturated rings. The zero-order chi connectivity index (χ0) is 16.1. The van der Waals surface area contributed by atoms with Crippen molar-refractivity contribution in [2.75, 3.05) is 11.9 Å². The van der Waals surface area contributed by atoms with E-state index < -0.39 is 0 Å². The Hall–Kier alpha value is -2.49. The molecule has 0 aliphatic heterocycles. The monoisotopic (exact) mass is 309 g/mol. The molecule has 0 atom stereocenters. The Kier molecular flexibility index (Phi) is 4.81. The average molecular weight is 309 g/mol. The van der Waals surface area contributed by atoms with Gasteiger partial charge in [-0.15, -0.1) is 0 Å². The topological polar surface area (TPSA) is 37.8 Å². The summed E-state index contributed by atoms with van der Waals surface area (Å²) < 4.78 is 13.4. The molecular formula is C19H20FN3. The van der Waals surface area contributed by atoms with Crippen LogP contribution in [0.5, 0.6) is 0 Å². The quantitative estimate of drug-likeness (QED) is 0.734. The molecule has 0 saturated carbocycles. The number of fused-ring (bicyclic) bond motifs is 1. The van der Waals surface area contributed by atoms with Gasteiger partial charge in [0.05, 0.1) is 5.52 Å². The minimum atomic E-state index is -0.276. The van der Waals surface area contributed by atoms with Crippen LogP contribution < -0.4 is 5.32 Å². The van der Waals surface area contributed by atoms with Crippen LogP contribution in [-0.2, 0) is 12.8 Å². The summed E-state index contributed by atoms with van der Waals surface area (Å²) in [5.74, 6) is 0.402. The fraction of sp³-hybridized carbons (Fsp3) is 0.263. The Balaban J connectivity index is 1.65. The molecule has 3 nitrogen and oxygen atoms in total. The normalized spacial score (nSPS) is 10.9. The number of nitrogens with one attached hydrogen (secondary N) is 1. The van der Waals surface area contributed by atoms with Gasteiger partial charge >= 0.3 is 0 Å². The lowest BCUT2D eigenvalue weighted by atomic mass is 10.1. The van der Waals surface area contributed by atoms with Crippen molar-refractivity contribution >= 4 is 16.7 Å². The molecule has 1 N–H and O–H groups in total. The zero-order valence-corrected chi connectivity index (χ0v) is 13.2. The molecule has 1 heterocycles. The van der Waals surface area contributed by atoms with Crippen LogP contribution in [0.3, 0.4) is 0 Å². The number of aryl methyl sites for hydroxylation is 1. The number of halogens is 1. The number of anilines is 1. The van der Waals surface area contributed by atoms with Crippen LogP contribution in [0.15, 0.2) is 48.8 Å². The maximum atomic E-state index is 13.4. The third-order valence-electron chi connectivity index (χ3n) is 3.87. The molecule has 0 saturated heterocycles. The Bertz CT molecular complexity index is 784. The van der Waals surface area contributed by atoms with Gasteiger partial charge in [-0.3, -0.25) is 0 Å². The highest BCUT2D eigenvalue weighted by Crippen LogP contribution is 2.20. The van der Waals surface area contributed by atoms with E-state index in [1.54, 1.807) is 6.07 Å². The molecule has 3 aromatic rings. The Morgan fingerprint density at radius 3 is 2.43 bits per heavy atom. The van der Waals surface area contributed by atoms with Crippen molar-refractivity contribution in [2.24, 2.45) is 0 Å². The summed E-state index contributed by atoms with van der Waals surface area (Å²) in [6.45, 7) is 2.93. The first kappa shape index (κ1) is 15.4. The van der Waals surface area contributed by atoms with E-state index in [0.29, 0.717) is 11.2 Å². The first-order chi connectivity index (χ1) is 11.3. The fourth-order valence-corrected chi connectivity index (χ4v) is 2.66. The predicted molar refractivity (Wildman–Crippen MR) is 92.1 cm³/mol. The van der Waals surface area contributed by atoms with Gasteiger partial charge in [-0.1, -0.05) is 37.6 Å². The molecule has 2 aromatic carbocycles. The van der Waals surface area contributed by atoms with Gasteiger partial charge in [-0.25, -0.2) is 14.4 Å². The molecule has 0 amide bonds. The van der Waals surface area contributed by atoms with Gasteiger partial charge in [0.25, 0.3) is 0 Å². The van der Waals surface area contributed by atoms with Crippen molar-refractivity contribution in [2.45, 2.75) is 26.2 Å². The molecular weight excluding hydrogens is 289 g/mol. The fourth-order valence-electron chi connectivity index (χ4n) is 2.66. The maximum absolute atomic E-state index is 13.4. The van der Waals surface area contributed by atoms with Crippen LogP contribution in [0, 0.1) is 5.82 Å². The SMILES string of the molecule is CCCc1ccc(CCNc2ncnc3ccc(F)cc23)cc1. The highest BCUT2D eigenvalue weighted by Gasteiger charge is 2.04. The van der Waals surface area contributed by atoms with E-state index in [4.69, 9.17) is 0 Å². The van der Waals surface area contributed by atoms with Crippen molar-refractivity contribution in [3.05, 3.63) is 65.7 Å². The molecule has 3 rings (SSSR count). The standard InChI is InChI=1S/C19H20FN3/c1-2-3-14-4-6-15(7-5-14)10-11-21-19-17-12-16(20)8-9-18(17)22-13-23-19/h4-9,12-13H,2-3,10-11H2,1H3,(H,21,22,23). The summed E-state index contributed by atoms with van der Waals surface area (Å²) in [7, 11) is 0. The Morgan fingerprint density at radius 1 is 0.957 bits per heavy atom. The molecule has 0 spiro atoms. The number of rotatable bonds is 6. The van der Waals surface area contributed by atoms with Crippen molar-refractivity contribution in [1.29, 1.82) is 0 Å². The Morgan fingerprint density at radius 2 is 1.70 bits per heavy atom. The number of benzene rings is 2. The highest BCUT2D eigenvalue weighted by atomic mass is 19.1. The first-order valence-corrected chi connectivity index (χ1v) is 7.98. The lowest BCUT2D eigenvalue weighted by Gasteiger charge is -2.09. The minimum absolute atomic E-state index is 0.276. The van der Waals surface area contributed by atoms with Gasteiger partial charge in [0.1, 0.15) is 18.0 Å². The lowest BCUT2D eigenvalue weighted by molar-refractivity contribution is 0.629. The molecule has 0 bridgehead atoms.